The molecule has 0 amide bonds. The maximum absolute atomic E-state index is 11.2. The minimum Gasteiger partial charge on any atom is -0.481 e. The Morgan fingerprint density at radius 1 is 1.42 bits per heavy atom. The van der Waals surface area contributed by atoms with Crippen molar-refractivity contribution in [2.75, 3.05) is 0 Å². The number of hydrogen-bond donors (Lipinski definition) is 2. The van der Waals surface area contributed by atoms with Crippen molar-refractivity contribution in [3.05, 3.63) is 53.0 Å². The number of pyridine rings is 1. The van der Waals surface area contributed by atoms with Crippen LogP contribution in [0, 0.1) is 5.92 Å². The molecule has 2 N–H and O–H groups in total. The predicted octanol–water partition coefficient (Wildman–Crippen LogP) is 1.61. The number of carboxylic acids is 1. The summed E-state index contributed by atoms with van der Waals surface area (Å²) in [5.74, 6) is -0.895. The van der Waals surface area contributed by atoms with Gasteiger partial charge < -0.3 is 10.4 Å². The highest BCUT2D eigenvalue weighted by molar-refractivity contribution is 6.29. The topological polar surface area (TPSA) is 74.6 Å². The van der Waals surface area contributed by atoms with Crippen LogP contribution < -0.4 is 5.32 Å². The highest BCUT2D eigenvalue weighted by Crippen LogP contribution is 2.26. The van der Waals surface area contributed by atoms with Crippen LogP contribution in [0.3, 0.4) is 0 Å². The zero-order valence-corrected chi connectivity index (χ0v) is 10.5. The van der Waals surface area contributed by atoms with E-state index in [9.17, 15) is 9.90 Å². The van der Waals surface area contributed by atoms with Gasteiger partial charge in [-0.15, -0.1) is 0 Å². The molecule has 19 heavy (non-hydrogen) atoms. The lowest BCUT2D eigenvalue weighted by Crippen LogP contribution is -2.29. The zero-order valence-electron chi connectivity index (χ0n) is 9.75. The molecule has 0 radical (unpaired) electrons. The van der Waals surface area contributed by atoms with Crippen molar-refractivity contribution >= 4 is 23.4 Å². The molecular formula is C13H10ClN3O2. The lowest BCUT2D eigenvalue weighted by molar-refractivity contribution is -0.140. The van der Waals surface area contributed by atoms with Gasteiger partial charge in [-0.1, -0.05) is 23.8 Å². The fourth-order valence-electron chi connectivity index (χ4n) is 2.13. The summed E-state index contributed by atoms with van der Waals surface area (Å²) in [7, 11) is 0. The fourth-order valence-corrected chi connectivity index (χ4v) is 2.24. The van der Waals surface area contributed by atoms with Gasteiger partial charge in [0.15, 0.2) is 0 Å². The number of allylic oxidation sites excluding steroid dienone is 2. The van der Waals surface area contributed by atoms with Crippen molar-refractivity contribution in [1.29, 1.82) is 0 Å². The third-order valence-electron chi connectivity index (χ3n) is 3.07. The number of nitrogens with one attached hydrogen (secondary N) is 1. The molecule has 2 aliphatic rings. The molecule has 0 bridgehead atoms. The van der Waals surface area contributed by atoms with Crippen LogP contribution in [-0.4, -0.2) is 27.9 Å². The average molecular weight is 276 g/mol. The Balaban J connectivity index is 1.93. The molecule has 5 nitrogen and oxygen atoms in total. The number of aliphatic imine (C=N–C) groups is 1. The van der Waals surface area contributed by atoms with Gasteiger partial charge >= 0.3 is 5.97 Å². The predicted molar refractivity (Wildman–Crippen MR) is 71.1 cm³/mol. The third kappa shape index (κ3) is 2.13. The molecule has 1 aliphatic carbocycles. The SMILES string of the molecule is O=C(O)C1C=CC=C2NC(c3ccc(Cl)nc3)=NC21. The fraction of sp³-hybridized carbons (Fsp3) is 0.154. The summed E-state index contributed by atoms with van der Waals surface area (Å²) >= 11 is 5.73. The van der Waals surface area contributed by atoms with Gasteiger partial charge in [0.05, 0.1) is 0 Å². The number of fused-ring (bicyclic) bond motifs is 1. The minimum absolute atomic E-state index is 0.395. The molecule has 1 aliphatic heterocycles. The van der Waals surface area contributed by atoms with E-state index in [4.69, 9.17) is 11.6 Å². The van der Waals surface area contributed by atoms with Gasteiger partial charge in [0.1, 0.15) is 22.9 Å². The molecule has 2 heterocycles. The number of aliphatic carboxylic acids is 1. The van der Waals surface area contributed by atoms with Crippen LogP contribution in [0.25, 0.3) is 0 Å². The van der Waals surface area contributed by atoms with E-state index in [1.165, 1.54) is 0 Å². The highest BCUT2D eigenvalue weighted by Gasteiger charge is 2.35. The number of halogens is 1. The van der Waals surface area contributed by atoms with Crippen LogP contribution in [0.5, 0.6) is 0 Å². The Hall–Kier alpha value is -2.14. The average Bonchev–Trinajstić information content (AvgIpc) is 2.82. The zero-order chi connectivity index (χ0) is 13.4. The van der Waals surface area contributed by atoms with Crippen molar-refractivity contribution in [1.82, 2.24) is 10.3 Å². The monoisotopic (exact) mass is 275 g/mol. The Morgan fingerprint density at radius 3 is 2.95 bits per heavy atom. The van der Waals surface area contributed by atoms with Gasteiger partial charge in [0.2, 0.25) is 0 Å². The Bertz CT molecular complexity index is 619. The lowest BCUT2D eigenvalue weighted by Gasteiger charge is -2.17. The molecule has 1 aromatic heterocycles. The van der Waals surface area contributed by atoms with Crippen molar-refractivity contribution in [3.8, 4) is 0 Å². The molecule has 0 saturated heterocycles. The van der Waals surface area contributed by atoms with Gasteiger partial charge in [-0.3, -0.25) is 9.79 Å². The first kappa shape index (κ1) is 11.9. The van der Waals surface area contributed by atoms with Crippen LogP contribution in [0.4, 0.5) is 0 Å². The highest BCUT2D eigenvalue weighted by atomic mass is 35.5. The summed E-state index contributed by atoms with van der Waals surface area (Å²) in [6.07, 6.45) is 6.82. The number of carboxylic acid groups (broad SMARTS) is 1. The first-order valence-electron chi connectivity index (χ1n) is 5.73. The van der Waals surface area contributed by atoms with E-state index in [0.717, 1.165) is 11.3 Å². The van der Waals surface area contributed by atoms with E-state index >= 15 is 0 Å². The third-order valence-corrected chi connectivity index (χ3v) is 3.29. The standard InChI is InChI=1S/C13H10ClN3O2/c14-10-5-4-7(6-15-10)12-16-9-3-1-2-8(13(18)19)11(9)17-12/h1-6,8,11H,(H,16,17)(H,18,19). The molecule has 1 aromatic rings. The molecular weight excluding hydrogens is 266 g/mol. The lowest BCUT2D eigenvalue weighted by atomic mass is 9.94. The van der Waals surface area contributed by atoms with Crippen LogP contribution in [0.2, 0.25) is 5.15 Å². The van der Waals surface area contributed by atoms with Gasteiger partial charge in [0, 0.05) is 17.5 Å². The number of rotatable bonds is 2. The number of amidine groups is 1. The summed E-state index contributed by atoms with van der Waals surface area (Å²) in [5, 5.41) is 12.7. The molecule has 3 rings (SSSR count). The molecule has 0 saturated carbocycles. The second-order valence-electron chi connectivity index (χ2n) is 4.29. The van der Waals surface area contributed by atoms with Crippen molar-refractivity contribution < 1.29 is 9.90 Å². The van der Waals surface area contributed by atoms with Crippen molar-refractivity contribution in [2.24, 2.45) is 10.9 Å². The second-order valence-corrected chi connectivity index (χ2v) is 4.68. The minimum atomic E-state index is -0.882. The van der Waals surface area contributed by atoms with Crippen LogP contribution in [0.1, 0.15) is 5.56 Å². The molecule has 2 unspecified atom stereocenters. The number of carbonyl (C=O) groups is 1. The van der Waals surface area contributed by atoms with E-state index in [1.54, 1.807) is 30.5 Å². The van der Waals surface area contributed by atoms with Crippen molar-refractivity contribution in [3.63, 3.8) is 0 Å². The number of nitrogens with zero attached hydrogens (tertiary/aromatic N) is 2. The van der Waals surface area contributed by atoms with E-state index in [-0.39, 0.29) is 0 Å². The summed E-state index contributed by atoms with van der Waals surface area (Å²) in [4.78, 5) is 19.6. The molecule has 0 aromatic carbocycles. The smallest absolute Gasteiger partial charge is 0.312 e. The van der Waals surface area contributed by atoms with E-state index < -0.39 is 17.9 Å². The van der Waals surface area contributed by atoms with E-state index in [1.807, 2.05) is 6.08 Å². The maximum atomic E-state index is 11.2. The van der Waals surface area contributed by atoms with Gasteiger partial charge in [-0.25, -0.2) is 4.98 Å². The first-order chi connectivity index (χ1) is 9.15. The summed E-state index contributed by atoms with van der Waals surface area (Å²) in [6, 6.07) is 3.07. The van der Waals surface area contributed by atoms with Gasteiger partial charge in [0.25, 0.3) is 0 Å². The molecule has 96 valence electrons. The molecule has 0 fully saturated rings. The van der Waals surface area contributed by atoms with E-state index in [0.29, 0.717) is 11.0 Å². The number of hydrogen-bond acceptors (Lipinski definition) is 4. The van der Waals surface area contributed by atoms with E-state index in [2.05, 4.69) is 15.3 Å². The summed E-state index contributed by atoms with van der Waals surface area (Å²) < 4.78 is 0. The summed E-state index contributed by atoms with van der Waals surface area (Å²) in [5.41, 5.74) is 1.57. The molecule has 0 spiro atoms. The molecule has 2 atom stereocenters. The Labute approximate surface area is 114 Å². The quantitative estimate of drug-likeness (QED) is 0.804. The van der Waals surface area contributed by atoms with Gasteiger partial charge in [-0.2, -0.15) is 0 Å². The number of aromatic nitrogens is 1. The maximum Gasteiger partial charge on any atom is 0.312 e. The normalized spacial score (nSPS) is 24.3. The largest absolute Gasteiger partial charge is 0.481 e. The molecule has 6 heteroatoms. The van der Waals surface area contributed by atoms with Crippen LogP contribution in [0.15, 0.2) is 47.2 Å². The Kier molecular flexibility index (Phi) is 2.83. The first-order valence-corrected chi connectivity index (χ1v) is 6.11. The van der Waals surface area contributed by atoms with Crippen molar-refractivity contribution in [2.45, 2.75) is 6.04 Å². The van der Waals surface area contributed by atoms with Crippen LogP contribution in [-0.2, 0) is 4.79 Å². The van der Waals surface area contributed by atoms with Crippen LogP contribution >= 0.6 is 11.6 Å². The van der Waals surface area contributed by atoms with Gasteiger partial charge in [-0.05, 0) is 18.2 Å². The summed E-state index contributed by atoms with van der Waals surface area (Å²) in [6.45, 7) is 0. The second kappa shape index (κ2) is 4.51. The Morgan fingerprint density at radius 2 is 2.26 bits per heavy atom.